The minimum atomic E-state index is -0.467. The molecule has 4 heteroatoms. The van der Waals surface area contributed by atoms with E-state index in [-0.39, 0.29) is 0 Å². The zero-order valence-electron chi connectivity index (χ0n) is 13.7. The molecule has 3 rings (SSSR count). The van der Waals surface area contributed by atoms with Crippen molar-refractivity contribution in [3.8, 4) is 11.5 Å². The molecular formula is C20H19NO3. The smallest absolute Gasteiger partial charge is 0.412 e. The van der Waals surface area contributed by atoms with Crippen LogP contribution >= 0.6 is 0 Å². The molecule has 0 aliphatic rings. The van der Waals surface area contributed by atoms with Gasteiger partial charge < -0.3 is 14.8 Å². The Balaban J connectivity index is 1.69. The molecule has 0 fully saturated rings. The second-order valence-corrected chi connectivity index (χ2v) is 5.52. The molecule has 0 aliphatic heterocycles. The summed E-state index contributed by atoms with van der Waals surface area (Å²) in [5, 5.41) is 4.75. The van der Waals surface area contributed by atoms with Crippen molar-refractivity contribution >= 4 is 16.9 Å². The summed E-state index contributed by atoms with van der Waals surface area (Å²) in [7, 11) is 1.62. The highest BCUT2D eigenvalue weighted by Crippen LogP contribution is 2.29. The molecule has 122 valence electrons. The van der Waals surface area contributed by atoms with Gasteiger partial charge in [0.2, 0.25) is 0 Å². The van der Waals surface area contributed by atoms with Crippen LogP contribution in [0.1, 0.15) is 11.1 Å². The summed E-state index contributed by atoms with van der Waals surface area (Å²) in [5.74, 6) is 1.38. The highest BCUT2D eigenvalue weighted by Gasteiger charge is 2.10. The monoisotopic (exact) mass is 321 g/mol. The Bertz CT molecular complexity index is 856. The fourth-order valence-electron chi connectivity index (χ4n) is 2.53. The number of benzene rings is 3. The Kier molecular flexibility index (Phi) is 4.66. The number of carbonyl (C=O) groups excluding carboxylic acids is 1. The van der Waals surface area contributed by atoms with E-state index in [2.05, 4.69) is 5.32 Å². The summed E-state index contributed by atoms with van der Waals surface area (Å²) >= 11 is 0. The number of carbonyl (C=O) groups is 1. The van der Waals surface area contributed by atoms with Crippen molar-refractivity contribution < 1.29 is 14.3 Å². The van der Waals surface area contributed by atoms with Crippen LogP contribution in [-0.4, -0.2) is 13.2 Å². The van der Waals surface area contributed by atoms with Gasteiger partial charge in [-0.15, -0.1) is 0 Å². The topological polar surface area (TPSA) is 47.6 Å². The van der Waals surface area contributed by atoms with Crippen LogP contribution in [0.3, 0.4) is 0 Å². The van der Waals surface area contributed by atoms with Crippen molar-refractivity contribution in [2.45, 2.75) is 13.5 Å². The predicted molar refractivity (Wildman–Crippen MR) is 94.5 cm³/mol. The van der Waals surface area contributed by atoms with Crippen LogP contribution in [0.15, 0.2) is 60.7 Å². The molecule has 3 aromatic carbocycles. The standard InChI is InChI=1S/C20H19NO3/c1-14-7-10-16-5-3-4-6-18(16)19(14)24-20(22)21-13-15-8-11-17(23-2)12-9-15/h3-12H,13H2,1-2H3,(H,21,22). The van der Waals surface area contributed by atoms with Crippen LogP contribution < -0.4 is 14.8 Å². The minimum Gasteiger partial charge on any atom is -0.497 e. The zero-order valence-corrected chi connectivity index (χ0v) is 13.7. The van der Waals surface area contributed by atoms with Gasteiger partial charge in [0.15, 0.2) is 0 Å². The molecular weight excluding hydrogens is 302 g/mol. The molecule has 0 bridgehead atoms. The number of rotatable bonds is 4. The van der Waals surface area contributed by atoms with Gasteiger partial charge in [0, 0.05) is 11.9 Å². The highest BCUT2D eigenvalue weighted by atomic mass is 16.6. The maximum absolute atomic E-state index is 12.1. The van der Waals surface area contributed by atoms with Crippen molar-refractivity contribution in [3.63, 3.8) is 0 Å². The molecule has 0 unspecified atom stereocenters. The number of nitrogens with one attached hydrogen (secondary N) is 1. The Morgan fingerprint density at radius 1 is 1.00 bits per heavy atom. The zero-order chi connectivity index (χ0) is 16.9. The maximum Gasteiger partial charge on any atom is 0.412 e. The first-order valence-corrected chi connectivity index (χ1v) is 7.74. The highest BCUT2D eigenvalue weighted by molar-refractivity contribution is 5.91. The van der Waals surface area contributed by atoms with Crippen LogP contribution in [0.4, 0.5) is 4.79 Å². The van der Waals surface area contributed by atoms with Gasteiger partial charge in [0.05, 0.1) is 7.11 Å². The number of ether oxygens (including phenoxy) is 2. The molecule has 0 radical (unpaired) electrons. The van der Waals surface area contributed by atoms with E-state index < -0.39 is 6.09 Å². The van der Waals surface area contributed by atoms with Crippen LogP contribution in [-0.2, 0) is 6.54 Å². The average Bonchev–Trinajstić information content (AvgIpc) is 2.63. The second kappa shape index (κ2) is 7.04. The first-order valence-electron chi connectivity index (χ1n) is 7.74. The van der Waals surface area contributed by atoms with Gasteiger partial charge in [0.25, 0.3) is 0 Å². The fourth-order valence-corrected chi connectivity index (χ4v) is 2.53. The maximum atomic E-state index is 12.1. The lowest BCUT2D eigenvalue weighted by molar-refractivity contribution is 0.200. The molecule has 0 atom stereocenters. The Hall–Kier alpha value is -3.01. The number of aryl methyl sites for hydroxylation is 1. The molecule has 0 saturated heterocycles. The van der Waals surface area contributed by atoms with E-state index in [0.717, 1.165) is 27.6 Å². The molecule has 0 spiro atoms. The number of amides is 1. The summed E-state index contributed by atoms with van der Waals surface area (Å²) in [6.07, 6.45) is -0.467. The van der Waals surface area contributed by atoms with E-state index in [1.807, 2.05) is 67.6 Å². The van der Waals surface area contributed by atoms with Crippen LogP contribution in [0, 0.1) is 6.92 Å². The summed E-state index contributed by atoms with van der Waals surface area (Å²) in [5.41, 5.74) is 1.90. The van der Waals surface area contributed by atoms with Gasteiger partial charge in [-0.3, -0.25) is 0 Å². The van der Waals surface area contributed by atoms with Gasteiger partial charge in [-0.1, -0.05) is 48.5 Å². The Morgan fingerprint density at radius 3 is 2.50 bits per heavy atom. The lowest BCUT2D eigenvalue weighted by atomic mass is 10.1. The van der Waals surface area contributed by atoms with E-state index in [0.29, 0.717) is 12.3 Å². The van der Waals surface area contributed by atoms with E-state index in [4.69, 9.17) is 9.47 Å². The number of hydrogen-bond donors (Lipinski definition) is 1. The minimum absolute atomic E-state index is 0.395. The molecule has 0 aromatic heterocycles. The molecule has 1 amide bonds. The van der Waals surface area contributed by atoms with Crippen LogP contribution in [0.25, 0.3) is 10.8 Å². The van der Waals surface area contributed by atoms with Crippen molar-refractivity contribution in [1.29, 1.82) is 0 Å². The van der Waals surface area contributed by atoms with Gasteiger partial charge in [-0.25, -0.2) is 4.79 Å². The van der Waals surface area contributed by atoms with E-state index in [1.54, 1.807) is 7.11 Å². The normalized spacial score (nSPS) is 10.4. The lowest BCUT2D eigenvalue weighted by Crippen LogP contribution is -2.26. The van der Waals surface area contributed by atoms with E-state index in [1.165, 1.54) is 0 Å². The lowest BCUT2D eigenvalue weighted by Gasteiger charge is -2.12. The SMILES string of the molecule is COc1ccc(CNC(=O)Oc2c(C)ccc3ccccc23)cc1. The third kappa shape index (κ3) is 3.49. The van der Waals surface area contributed by atoms with E-state index in [9.17, 15) is 4.79 Å². The first kappa shape index (κ1) is 15.9. The summed E-state index contributed by atoms with van der Waals surface area (Å²) < 4.78 is 10.7. The largest absolute Gasteiger partial charge is 0.497 e. The van der Waals surface area contributed by atoms with Crippen molar-refractivity contribution in [3.05, 3.63) is 71.8 Å². The quantitative estimate of drug-likeness (QED) is 0.772. The molecule has 0 aliphatic carbocycles. The first-order chi connectivity index (χ1) is 11.7. The van der Waals surface area contributed by atoms with Gasteiger partial charge in [-0.2, -0.15) is 0 Å². The molecule has 24 heavy (non-hydrogen) atoms. The second-order valence-electron chi connectivity index (χ2n) is 5.52. The fraction of sp³-hybridized carbons (Fsp3) is 0.150. The van der Waals surface area contributed by atoms with Gasteiger partial charge in [-0.05, 0) is 35.6 Å². The predicted octanol–water partition coefficient (Wildman–Crippen LogP) is 4.45. The van der Waals surface area contributed by atoms with Crippen molar-refractivity contribution in [1.82, 2.24) is 5.32 Å². The summed E-state index contributed by atoms with van der Waals surface area (Å²) in [4.78, 5) is 12.1. The van der Waals surface area contributed by atoms with Crippen LogP contribution in [0.2, 0.25) is 0 Å². The summed E-state index contributed by atoms with van der Waals surface area (Å²) in [6.45, 7) is 2.32. The third-order valence-corrected chi connectivity index (χ3v) is 3.87. The van der Waals surface area contributed by atoms with Crippen molar-refractivity contribution in [2.75, 3.05) is 7.11 Å². The number of fused-ring (bicyclic) bond motifs is 1. The van der Waals surface area contributed by atoms with Crippen LogP contribution in [0.5, 0.6) is 11.5 Å². The summed E-state index contributed by atoms with van der Waals surface area (Å²) in [6, 6.07) is 19.3. The van der Waals surface area contributed by atoms with Gasteiger partial charge in [0.1, 0.15) is 11.5 Å². The van der Waals surface area contributed by atoms with Gasteiger partial charge >= 0.3 is 6.09 Å². The molecule has 0 heterocycles. The molecule has 3 aromatic rings. The van der Waals surface area contributed by atoms with Crippen molar-refractivity contribution in [2.24, 2.45) is 0 Å². The molecule has 0 saturated carbocycles. The Labute approximate surface area is 141 Å². The van der Waals surface area contributed by atoms with E-state index >= 15 is 0 Å². The number of methoxy groups -OCH3 is 1. The Morgan fingerprint density at radius 2 is 1.75 bits per heavy atom. The third-order valence-electron chi connectivity index (χ3n) is 3.87. The molecule has 1 N–H and O–H groups in total. The average molecular weight is 321 g/mol. The number of hydrogen-bond acceptors (Lipinski definition) is 3. The molecule has 4 nitrogen and oxygen atoms in total.